The van der Waals surface area contributed by atoms with Gasteiger partial charge in [-0.15, -0.1) is 0 Å². The fourth-order valence-electron chi connectivity index (χ4n) is 1.75. The molecule has 0 amide bonds. The van der Waals surface area contributed by atoms with Gasteiger partial charge in [0.25, 0.3) is 0 Å². The van der Waals surface area contributed by atoms with Gasteiger partial charge in [-0.1, -0.05) is 30.1 Å². The predicted octanol–water partition coefficient (Wildman–Crippen LogP) is 4.67. The molecule has 1 N–H and O–H groups in total. The molecule has 0 atom stereocenters. The minimum atomic E-state index is 0.342. The number of benzene rings is 1. The number of nitrogens with one attached hydrogen (secondary N) is 1. The van der Waals surface area contributed by atoms with Crippen LogP contribution >= 0.6 is 23.2 Å². The summed E-state index contributed by atoms with van der Waals surface area (Å²) in [7, 11) is 0. The van der Waals surface area contributed by atoms with E-state index in [4.69, 9.17) is 32.4 Å². The Morgan fingerprint density at radius 3 is 2.85 bits per heavy atom. The largest absolute Gasteiger partial charge is 0.484 e. The first-order valence-electron chi connectivity index (χ1n) is 6.54. The molecule has 1 aromatic heterocycles. The standard InChI is InChI=1S/C15H17Cl2NO2/c1-2-5-18-8-11-6-13(19-9-11)10-20-15-4-3-12(16)7-14(15)17/h3-4,6-7,9,18H,2,5,8,10H2,1H3. The van der Waals surface area contributed by atoms with Crippen LogP contribution in [-0.2, 0) is 13.2 Å². The van der Waals surface area contributed by atoms with Crippen LogP contribution in [-0.4, -0.2) is 6.54 Å². The number of ether oxygens (including phenoxy) is 1. The molecule has 0 aliphatic heterocycles. The first kappa shape index (κ1) is 15.2. The van der Waals surface area contributed by atoms with Gasteiger partial charge in [0.2, 0.25) is 0 Å². The van der Waals surface area contributed by atoms with Crippen LogP contribution in [0.2, 0.25) is 10.0 Å². The molecule has 0 fully saturated rings. The summed E-state index contributed by atoms with van der Waals surface area (Å²) in [5.41, 5.74) is 1.11. The molecule has 20 heavy (non-hydrogen) atoms. The Hall–Kier alpha value is -1.16. The van der Waals surface area contributed by atoms with Crippen molar-refractivity contribution in [2.75, 3.05) is 6.54 Å². The van der Waals surface area contributed by atoms with Crippen molar-refractivity contribution in [2.45, 2.75) is 26.5 Å². The van der Waals surface area contributed by atoms with Crippen molar-refractivity contribution >= 4 is 23.2 Å². The van der Waals surface area contributed by atoms with Crippen LogP contribution in [0, 0.1) is 0 Å². The molecule has 0 radical (unpaired) electrons. The molecule has 0 bridgehead atoms. The zero-order valence-corrected chi connectivity index (χ0v) is 12.8. The van der Waals surface area contributed by atoms with Gasteiger partial charge in [-0.25, -0.2) is 0 Å². The van der Waals surface area contributed by atoms with E-state index in [-0.39, 0.29) is 0 Å². The Morgan fingerprint density at radius 1 is 1.25 bits per heavy atom. The maximum atomic E-state index is 6.04. The molecular formula is C15H17Cl2NO2. The van der Waals surface area contributed by atoms with E-state index < -0.39 is 0 Å². The fourth-order valence-corrected chi connectivity index (χ4v) is 2.21. The summed E-state index contributed by atoms with van der Waals surface area (Å²) in [6.07, 6.45) is 2.85. The first-order valence-corrected chi connectivity index (χ1v) is 7.29. The molecule has 0 spiro atoms. The van der Waals surface area contributed by atoms with Gasteiger partial charge in [-0.3, -0.25) is 0 Å². The van der Waals surface area contributed by atoms with Crippen LogP contribution in [0.4, 0.5) is 0 Å². The maximum Gasteiger partial charge on any atom is 0.146 e. The summed E-state index contributed by atoms with van der Waals surface area (Å²) in [5.74, 6) is 1.36. The minimum absolute atomic E-state index is 0.342. The molecule has 0 saturated carbocycles. The lowest BCUT2D eigenvalue weighted by molar-refractivity contribution is 0.270. The van der Waals surface area contributed by atoms with Crippen molar-refractivity contribution < 1.29 is 9.15 Å². The van der Waals surface area contributed by atoms with E-state index in [1.54, 1.807) is 24.5 Å². The van der Waals surface area contributed by atoms with Gasteiger partial charge >= 0.3 is 0 Å². The third-order valence-electron chi connectivity index (χ3n) is 2.73. The summed E-state index contributed by atoms with van der Waals surface area (Å²) in [6, 6.07) is 7.12. The first-order chi connectivity index (χ1) is 9.69. The van der Waals surface area contributed by atoms with E-state index in [0.29, 0.717) is 22.4 Å². The van der Waals surface area contributed by atoms with E-state index in [0.717, 1.165) is 30.8 Å². The van der Waals surface area contributed by atoms with E-state index in [1.165, 1.54) is 0 Å². The van der Waals surface area contributed by atoms with Crippen LogP contribution in [0.3, 0.4) is 0 Å². The van der Waals surface area contributed by atoms with Gasteiger partial charge in [0.1, 0.15) is 18.1 Å². The van der Waals surface area contributed by atoms with Crippen molar-refractivity contribution in [3.05, 3.63) is 51.9 Å². The average Bonchev–Trinajstić information content (AvgIpc) is 2.86. The molecule has 3 nitrogen and oxygen atoms in total. The third-order valence-corrected chi connectivity index (χ3v) is 3.26. The topological polar surface area (TPSA) is 34.4 Å². The Bertz CT molecular complexity index is 555. The highest BCUT2D eigenvalue weighted by molar-refractivity contribution is 6.35. The summed E-state index contributed by atoms with van der Waals surface area (Å²) >= 11 is 11.9. The van der Waals surface area contributed by atoms with E-state index >= 15 is 0 Å². The van der Waals surface area contributed by atoms with Gasteiger partial charge in [0.15, 0.2) is 0 Å². The Labute approximate surface area is 128 Å². The minimum Gasteiger partial charge on any atom is -0.484 e. The Morgan fingerprint density at radius 2 is 2.10 bits per heavy atom. The number of halogens is 2. The number of hydrogen-bond donors (Lipinski definition) is 1. The Kier molecular flexibility index (Phi) is 5.77. The van der Waals surface area contributed by atoms with Crippen molar-refractivity contribution in [2.24, 2.45) is 0 Å². The maximum absolute atomic E-state index is 6.04. The average molecular weight is 314 g/mol. The molecule has 1 heterocycles. The molecule has 108 valence electrons. The van der Waals surface area contributed by atoms with Crippen LogP contribution < -0.4 is 10.1 Å². The quantitative estimate of drug-likeness (QED) is 0.755. The van der Waals surface area contributed by atoms with Crippen LogP contribution in [0.25, 0.3) is 0 Å². The van der Waals surface area contributed by atoms with Gasteiger partial charge in [0, 0.05) is 17.1 Å². The lowest BCUT2D eigenvalue weighted by atomic mass is 10.3. The number of rotatable bonds is 7. The summed E-state index contributed by atoms with van der Waals surface area (Å²) in [4.78, 5) is 0. The highest BCUT2D eigenvalue weighted by Gasteiger charge is 2.06. The molecule has 0 aliphatic rings. The Balaban J connectivity index is 1.87. The highest BCUT2D eigenvalue weighted by atomic mass is 35.5. The molecule has 1 aromatic carbocycles. The SMILES string of the molecule is CCCNCc1coc(COc2ccc(Cl)cc2Cl)c1. The summed E-state index contributed by atoms with van der Waals surface area (Å²) < 4.78 is 11.1. The molecule has 0 saturated heterocycles. The van der Waals surface area contributed by atoms with Crippen LogP contribution in [0.5, 0.6) is 5.75 Å². The lowest BCUT2D eigenvalue weighted by Gasteiger charge is -2.06. The van der Waals surface area contributed by atoms with Crippen molar-refractivity contribution in [3.63, 3.8) is 0 Å². The lowest BCUT2D eigenvalue weighted by Crippen LogP contribution is -2.13. The van der Waals surface area contributed by atoms with Crippen molar-refractivity contribution in [3.8, 4) is 5.75 Å². The second-order valence-electron chi connectivity index (χ2n) is 4.46. The molecule has 0 aliphatic carbocycles. The van der Waals surface area contributed by atoms with E-state index in [1.807, 2.05) is 6.07 Å². The monoisotopic (exact) mass is 313 g/mol. The van der Waals surface area contributed by atoms with Gasteiger partial charge in [0.05, 0.1) is 11.3 Å². The van der Waals surface area contributed by atoms with Crippen LogP contribution in [0.1, 0.15) is 24.7 Å². The second kappa shape index (κ2) is 7.58. The normalized spacial score (nSPS) is 10.8. The van der Waals surface area contributed by atoms with Crippen LogP contribution in [0.15, 0.2) is 34.9 Å². The molecule has 2 rings (SSSR count). The number of furan rings is 1. The molecule has 2 aromatic rings. The zero-order valence-electron chi connectivity index (χ0n) is 11.3. The zero-order chi connectivity index (χ0) is 14.4. The number of hydrogen-bond acceptors (Lipinski definition) is 3. The van der Waals surface area contributed by atoms with Gasteiger partial charge in [-0.05, 0) is 37.2 Å². The summed E-state index contributed by atoms with van der Waals surface area (Å²) in [5, 5.41) is 4.40. The predicted molar refractivity (Wildman–Crippen MR) is 81.5 cm³/mol. The fraction of sp³-hybridized carbons (Fsp3) is 0.333. The highest BCUT2D eigenvalue weighted by Crippen LogP contribution is 2.28. The third kappa shape index (κ3) is 4.44. The smallest absolute Gasteiger partial charge is 0.146 e. The van der Waals surface area contributed by atoms with Gasteiger partial charge in [-0.2, -0.15) is 0 Å². The van der Waals surface area contributed by atoms with E-state index in [2.05, 4.69) is 12.2 Å². The van der Waals surface area contributed by atoms with Crippen molar-refractivity contribution in [1.82, 2.24) is 5.32 Å². The van der Waals surface area contributed by atoms with Crippen molar-refractivity contribution in [1.29, 1.82) is 0 Å². The molecule has 0 unspecified atom stereocenters. The molecule has 5 heteroatoms. The summed E-state index contributed by atoms with van der Waals surface area (Å²) in [6.45, 7) is 4.28. The van der Waals surface area contributed by atoms with Gasteiger partial charge < -0.3 is 14.5 Å². The second-order valence-corrected chi connectivity index (χ2v) is 5.31. The van der Waals surface area contributed by atoms with E-state index in [9.17, 15) is 0 Å². The molecular weight excluding hydrogens is 297 g/mol.